The number of carbonyl (C=O) groups excluding carboxylic acids is 1. The molecule has 1 aliphatic rings. The molecule has 0 aromatic carbocycles. The molecule has 1 amide bonds. The fourth-order valence-electron chi connectivity index (χ4n) is 2.35. The van der Waals surface area contributed by atoms with E-state index in [2.05, 4.69) is 31.1 Å². The zero-order valence-corrected chi connectivity index (χ0v) is 11.4. The molecule has 1 rings (SSSR count). The van der Waals surface area contributed by atoms with Crippen molar-refractivity contribution in [2.24, 2.45) is 17.6 Å². The van der Waals surface area contributed by atoms with Gasteiger partial charge in [-0.2, -0.15) is 0 Å². The van der Waals surface area contributed by atoms with E-state index in [1.807, 2.05) is 0 Å². The highest BCUT2D eigenvalue weighted by molar-refractivity contribution is 5.79. The maximum atomic E-state index is 12.1. The highest BCUT2D eigenvalue weighted by Crippen LogP contribution is 2.13. The molecule has 0 saturated carbocycles. The van der Waals surface area contributed by atoms with Gasteiger partial charge in [0.05, 0.1) is 5.92 Å². The second-order valence-corrected chi connectivity index (χ2v) is 5.65. The van der Waals surface area contributed by atoms with Gasteiger partial charge in [0, 0.05) is 12.6 Å². The summed E-state index contributed by atoms with van der Waals surface area (Å²) in [6.45, 7) is 6.86. The Labute approximate surface area is 105 Å². The third kappa shape index (κ3) is 5.04. The highest BCUT2D eigenvalue weighted by Gasteiger charge is 2.23. The van der Waals surface area contributed by atoms with Crippen LogP contribution in [0.4, 0.5) is 0 Å². The van der Waals surface area contributed by atoms with Gasteiger partial charge in [-0.05, 0) is 45.3 Å². The van der Waals surface area contributed by atoms with Crippen molar-refractivity contribution in [2.45, 2.75) is 39.2 Å². The Morgan fingerprint density at radius 1 is 1.41 bits per heavy atom. The first kappa shape index (κ1) is 14.5. The summed E-state index contributed by atoms with van der Waals surface area (Å²) in [6, 6.07) is 0.347. The van der Waals surface area contributed by atoms with Gasteiger partial charge in [0.2, 0.25) is 5.91 Å². The number of nitrogens with two attached hydrogens (primary N) is 1. The SMILES string of the molecule is CC(C)CC(CN)C(=O)NC1CCN(C)CC1. The molecule has 1 unspecified atom stereocenters. The molecular formula is C13H27N3O. The van der Waals surface area contributed by atoms with E-state index >= 15 is 0 Å². The van der Waals surface area contributed by atoms with Crippen molar-refractivity contribution >= 4 is 5.91 Å². The van der Waals surface area contributed by atoms with E-state index in [-0.39, 0.29) is 11.8 Å². The summed E-state index contributed by atoms with van der Waals surface area (Å²) in [7, 11) is 2.12. The van der Waals surface area contributed by atoms with Crippen molar-refractivity contribution < 1.29 is 4.79 Å². The van der Waals surface area contributed by atoms with Gasteiger partial charge in [-0.25, -0.2) is 0 Å². The first-order chi connectivity index (χ1) is 8.02. The van der Waals surface area contributed by atoms with Crippen molar-refractivity contribution in [3.63, 3.8) is 0 Å². The lowest BCUT2D eigenvalue weighted by atomic mass is 9.95. The minimum Gasteiger partial charge on any atom is -0.353 e. The smallest absolute Gasteiger partial charge is 0.224 e. The first-order valence-electron chi connectivity index (χ1n) is 6.72. The molecule has 100 valence electrons. The molecule has 1 atom stereocenters. The van der Waals surface area contributed by atoms with Crippen molar-refractivity contribution in [1.82, 2.24) is 10.2 Å². The molecule has 0 radical (unpaired) electrons. The van der Waals surface area contributed by atoms with Crippen LogP contribution in [0.25, 0.3) is 0 Å². The molecule has 17 heavy (non-hydrogen) atoms. The average molecular weight is 241 g/mol. The number of amides is 1. The van der Waals surface area contributed by atoms with Crippen LogP contribution in [0.5, 0.6) is 0 Å². The molecule has 4 nitrogen and oxygen atoms in total. The second kappa shape index (κ2) is 6.97. The molecule has 1 saturated heterocycles. The Bertz CT molecular complexity index is 235. The van der Waals surface area contributed by atoms with Gasteiger partial charge in [0.1, 0.15) is 0 Å². The number of hydrogen-bond acceptors (Lipinski definition) is 3. The van der Waals surface area contributed by atoms with E-state index in [0.29, 0.717) is 18.5 Å². The maximum absolute atomic E-state index is 12.1. The van der Waals surface area contributed by atoms with E-state index < -0.39 is 0 Å². The molecule has 0 spiro atoms. The standard InChI is InChI=1S/C13H27N3O/c1-10(2)8-11(9-14)13(17)15-12-4-6-16(3)7-5-12/h10-12H,4-9,14H2,1-3H3,(H,15,17). The number of rotatable bonds is 5. The van der Waals surface area contributed by atoms with Crippen molar-refractivity contribution in [2.75, 3.05) is 26.7 Å². The van der Waals surface area contributed by atoms with Crippen LogP contribution in [-0.4, -0.2) is 43.5 Å². The van der Waals surface area contributed by atoms with E-state index in [1.54, 1.807) is 0 Å². The Morgan fingerprint density at radius 3 is 2.47 bits per heavy atom. The molecular weight excluding hydrogens is 214 g/mol. The van der Waals surface area contributed by atoms with Crippen LogP contribution in [-0.2, 0) is 4.79 Å². The number of piperidine rings is 1. The maximum Gasteiger partial charge on any atom is 0.224 e. The van der Waals surface area contributed by atoms with Crippen LogP contribution in [0.1, 0.15) is 33.1 Å². The normalized spacial score (nSPS) is 20.5. The summed E-state index contributed by atoms with van der Waals surface area (Å²) in [5, 5.41) is 3.15. The quantitative estimate of drug-likeness (QED) is 0.749. The number of likely N-dealkylation sites (tertiary alicyclic amines) is 1. The third-order valence-electron chi connectivity index (χ3n) is 3.48. The third-order valence-corrected chi connectivity index (χ3v) is 3.48. The molecule has 0 aliphatic carbocycles. The second-order valence-electron chi connectivity index (χ2n) is 5.65. The fraction of sp³-hybridized carbons (Fsp3) is 0.923. The number of carbonyl (C=O) groups is 1. The van der Waals surface area contributed by atoms with Crippen LogP contribution in [0, 0.1) is 11.8 Å². The van der Waals surface area contributed by atoms with E-state index in [4.69, 9.17) is 5.73 Å². The monoisotopic (exact) mass is 241 g/mol. The topological polar surface area (TPSA) is 58.4 Å². The van der Waals surface area contributed by atoms with Crippen LogP contribution in [0.15, 0.2) is 0 Å². The molecule has 3 N–H and O–H groups in total. The Hall–Kier alpha value is -0.610. The lowest BCUT2D eigenvalue weighted by molar-refractivity contribution is -0.126. The van der Waals surface area contributed by atoms with E-state index in [9.17, 15) is 4.79 Å². The number of nitrogens with one attached hydrogen (secondary N) is 1. The van der Waals surface area contributed by atoms with Crippen LogP contribution in [0.3, 0.4) is 0 Å². The Kier molecular flexibility index (Phi) is 5.92. The van der Waals surface area contributed by atoms with Gasteiger partial charge < -0.3 is 16.0 Å². The lowest BCUT2D eigenvalue weighted by Crippen LogP contribution is -2.46. The minimum atomic E-state index is -0.0188. The average Bonchev–Trinajstić information content (AvgIpc) is 2.28. The van der Waals surface area contributed by atoms with Gasteiger partial charge in [-0.1, -0.05) is 13.8 Å². The predicted octanol–water partition coefficient (Wildman–Crippen LogP) is 0.818. The lowest BCUT2D eigenvalue weighted by Gasteiger charge is -2.30. The van der Waals surface area contributed by atoms with Gasteiger partial charge in [-0.15, -0.1) is 0 Å². The molecule has 1 aliphatic heterocycles. The summed E-state index contributed by atoms with van der Waals surface area (Å²) in [5.74, 6) is 0.650. The van der Waals surface area contributed by atoms with Crippen LogP contribution < -0.4 is 11.1 Å². The molecule has 0 bridgehead atoms. The van der Waals surface area contributed by atoms with Gasteiger partial charge in [0.15, 0.2) is 0 Å². The largest absolute Gasteiger partial charge is 0.353 e. The van der Waals surface area contributed by atoms with Crippen molar-refractivity contribution in [1.29, 1.82) is 0 Å². The van der Waals surface area contributed by atoms with Gasteiger partial charge in [0.25, 0.3) is 0 Å². The molecule has 1 heterocycles. The molecule has 1 fully saturated rings. The first-order valence-corrected chi connectivity index (χ1v) is 6.72. The molecule has 0 aromatic rings. The zero-order valence-electron chi connectivity index (χ0n) is 11.4. The Balaban J connectivity index is 2.36. The summed E-state index contributed by atoms with van der Waals surface area (Å²) in [5.41, 5.74) is 5.68. The van der Waals surface area contributed by atoms with Crippen molar-refractivity contribution in [3.05, 3.63) is 0 Å². The summed E-state index contributed by atoms with van der Waals surface area (Å²) >= 11 is 0. The van der Waals surface area contributed by atoms with Crippen molar-refractivity contribution in [3.8, 4) is 0 Å². The molecule has 0 aromatic heterocycles. The highest BCUT2D eigenvalue weighted by atomic mass is 16.1. The molecule has 4 heteroatoms. The fourth-order valence-corrected chi connectivity index (χ4v) is 2.35. The zero-order chi connectivity index (χ0) is 12.8. The predicted molar refractivity (Wildman–Crippen MR) is 70.7 cm³/mol. The minimum absolute atomic E-state index is 0.0188. The number of hydrogen-bond donors (Lipinski definition) is 2. The van der Waals surface area contributed by atoms with E-state index in [1.165, 1.54) is 0 Å². The van der Waals surface area contributed by atoms with E-state index in [0.717, 1.165) is 32.4 Å². The number of nitrogens with zero attached hydrogens (tertiary/aromatic N) is 1. The Morgan fingerprint density at radius 2 is 2.00 bits per heavy atom. The summed E-state index contributed by atoms with van der Waals surface area (Å²) < 4.78 is 0. The van der Waals surface area contributed by atoms with Crippen LogP contribution in [0.2, 0.25) is 0 Å². The summed E-state index contributed by atoms with van der Waals surface area (Å²) in [6.07, 6.45) is 3.00. The summed E-state index contributed by atoms with van der Waals surface area (Å²) in [4.78, 5) is 14.4. The van der Waals surface area contributed by atoms with Gasteiger partial charge in [-0.3, -0.25) is 4.79 Å². The van der Waals surface area contributed by atoms with Crippen LogP contribution >= 0.6 is 0 Å². The van der Waals surface area contributed by atoms with Gasteiger partial charge >= 0.3 is 0 Å².